The molecule has 4 nitrogen and oxygen atoms in total. The molecule has 22 heavy (non-hydrogen) atoms. The summed E-state index contributed by atoms with van der Waals surface area (Å²) in [6.45, 7) is 0. The van der Waals surface area contributed by atoms with E-state index >= 15 is 0 Å². The molecule has 1 N–H and O–H groups in total. The molecule has 0 aliphatic rings. The van der Waals surface area contributed by atoms with Gasteiger partial charge in [-0.15, -0.1) is 11.3 Å². The summed E-state index contributed by atoms with van der Waals surface area (Å²) in [6, 6.07) is 7.72. The van der Waals surface area contributed by atoms with Crippen LogP contribution in [0, 0.1) is 5.82 Å². The lowest BCUT2D eigenvalue weighted by atomic mass is 10.2. The molecule has 3 rings (SSSR count). The van der Waals surface area contributed by atoms with Crippen molar-refractivity contribution >= 4 is 34.0 Å². The normalized spacial score (nSPS) is 10.5. The molecule has 0 fully saturated rings. The predicted molar refractivity (Wildman–Crippen MR) is 84.7 cm³/mol. The molecule has 7 heteroatoms. The number of carbonyl (C=O) groups excluding carboxylic acids is 1. The van der Waals surface area contributed by atoms with Crippen LogP contribution >= 0.6 is 22.9 Å². The van der Waals surface area contributed by atoms with Gasteiger partial charge in [-0.25, -0.2) is 9.37 Å². The molecule has 0 aliphatic heterocycles. The number of pyridine rings is 1. The van der Waals surface area contributed by atoms with Gasteiger partial charge in [-0.3, -0.25) is 15.1 Å². The van der Waals surface area contributed by atoms with Crippen molar-refractivity contribution in [3.63, 3.8) is 0 Å². The van der Waals surface area contributed by atoms with Crippen LogP contribution in [0.1, 0.15) is 10.4 Å². The average molecular weight is 334 g/mol. The highest BCUT2D eigenvalue weighted by molar-refractivity contribution is 7.14. The third-order valence-corrected chi connectivity index (χ3v) is 3.96. The minimum absolute atomic E-state index is 0.0587. The number of hydrogen-bond acceptors (Lipinski definition) is 4. The van der Waals surface area contributed by atoms with Crippen molar-refractivity contribution in [3.05, 3.63) is 64.5 Å². The van der Waals surface area contributed by atoms with Gasteiger partial charge in [0.05, 0.1) is 16.3 Å². The van der Waals surface area contributed by atoms with E-state index < -0.39 is 11.7 Å². The van der Waals surface area contributed by atoms with E-state index in [2.05, 4.69) is 15.3 Å². The van der Waals surface area contributed by atoms with E-state index in [0.29, 0.717) is 10.8 Å². The van der Waals surface area contributed by atoms with Gasteiger partial charge in [-0.05, 0) is 24.3 Å². The Morgan fingerprint density at radius 3 is 2.73 bits per heavy atom. The highest BCUT2D eigenvalue weighted by Gasteiger charge is 2.17. The van der Waals surface area contributed by atoms with Crippen molar-refractivity contribution in [2.24, 2.45) is 0 Å². The van der Waals surface area contributed by atoms with Crippen LogP contribution in [0.5, 0.6) is 0 Å². The van der Waals surface area contributed by atoms with Crippen LogP contribution in [-0.4, -0.2) is 15.9 Å². The van der Waals surface area contributed by atoms with Crippen LogP contribution in [-0.2, 0) is 0 Å². The van der Waals surface area contributed by atoms with Gasteiger partial charge < -0.3 is 0 Å². The molecule has 0 atom stereocenters. The first kappa shape index (κ1) is 14.6. The lowest BCUT2D eigenvalue weighted by Crippen LogP contribution is -2.14. The Kier molecular flexibility index (Phi) is 4.13. The zero-order valence-corrected chi connectivity index (χ0v) is 12.7. The molecular weight excluding hydrogens is 325 g/mol. The molecule has 3 aromatic rings. The number of anilines is 1. The highest BCUT2D eigenvalue weighted by atomic mass is 35.5. The van der Waals surface area contributed by atoms with E-state index in [0.717, 1.165) is 5.56 Å². The molecule has 0 saturated heterocycles. The van der Waals surface area contributed by atoms with Crippen LogP contribution in [0.25, 0.3) is 11.3 Å². The molecule has 0 saturated carbocycles. The maximum atomic E-state index is 13.7. The number of halogens is 2. The van der Waals surface area contributed by atoms with Gasteiger partial charge in [0.25, 0.3) is 5.91 Å². The van der Waals surface area contributed by atoms with Crippen LogP contribution < -0.4 is 5.32 Å². The van der Waals surface area contributed by atoms with Crippen molar-refractivity contribution in [1.82, 2.24) is 9.97 Å². The van der Waals surface area contributed by atoms with Crippen molar-refractivity contribution in [1.29, 1.82) is 0 Å². The molecule has 2 heterocycles. The van der Waals surface area contributed by atoms with Crippen molar-refractivity contribution < 1.29 is 9.18 Å². The van der Waals surface area contributed by atoms with Gasteiger partial charge >= 0.3 is 0 Å². The van der Waals surface area contributed by atoms with Crippen molar-refractivity contribution in [3.8, 4) is 11.3 Å². The molecule has 0 bridgehead atoms. The molecule has 1 amide bonds. The van der Waals surface area contributed by atoms with Gasteiger partial charge in [0.1, 0.15) is 5.82 Å². The average Bonchev–Trinajstić information content (AvgIpc) is 2.96. The second-order valence-electron chi connectivity index (χ2n) is 4.32. The Labute approximate surface area is 134 Å². The molecule has 0 unspecified atom stereocenters. The third-order valence-electron chi connectivity index (χ3n) is 2.89. The maximum absolute atomic E-state index is 13.7. The first-order valence-corrected chi connectivity index (χ1v) is 7.52. The Morgan fingerprint density at radius 2 is 2.00 bits per heavy atom. The Morgan fingerprint density at radius 1 is 1.23 bits per heavy atom. The highest BCUT2D eigenvalue weighted by Crippen LogP contribution is 2.26. The summed E-state index contributed by atoms with van der Waals surface area (Å²) in [4.78, 5) is 20.4. The van der Waals surface area contributed by atoms with E-state index in [1.807, 2.05) is 12.1 Å². The number of amides is 1. The largest absolute Gasteiger partial charge is 0.298 e. The molecule has 0 spiro atoms. The van der Waals surface area contributed by atoms with E-state index in [1.54, 1.807) is 17.8 Å². The Balaban J connectivity index is 1.82. The smallest absolute Gasteiger partial charge is 0.261 e. The number of carbonyl (C=O) groups is 1. The minimum Gasteiger partial charge on any atom is -0.298 e. The van der Waals surface area contributed by atoms with E-state index in [9.17, 15) is 9.18 Å². The summed E-state index contributed by atoms with van der Waals surface area (Å²) in [5.41, 5.74) is 1.41. The Bertz CT molecular complexity index is 802. The molecular formula is C15H9ClFN3OS. The molecule has 110 valence electrons. The number of nitrogens with zero attached hydrogens (tertiary/aromatic N) is 2. The zero-order chi connectivity index (χ0) is 15.5. The predicted octanol–water partition coefficient (Wildman–Crippen LogP) is 4.25. The topological polar surface area (TPSA) is 54.9 Å². The molecule has 2 aromatic heterocycles. The van der Waals surface area contributed by atoms with Crippen LogP contribution in [0.2, 0.25) is 5.02 Å². The molecule has 1 aromatic carbocycles. The molecule has 0 aliphatic carbocycles. The van der Waals surface area contributed by atoms with Crippen LogP contribution in [0.15, 0.2) is 48.1 Å². The zero-order valence-electron chi connectivity index (χ0n) is 11.1. The summed E-state index contributed by atoms with van der Waals surface area (Å²) in [5, 5.41) is 4.79. The summed E-state index contributed by atoms with van der Waals surface area (Å²) in [7, 11) is 0. The van der Waals surface area contributed by atoms with Gasteiger partial charge in [0.2, 0.25) is 0 Å². The first-order chi connectivity index (χ1) is 10.6. The van der Waals surface area contributed by atoms with Crippen LogP contribution in [0.4, 0.5) is 9.52 Å². The van der Waals surface area contributed by atoms with Gasteiger partial charge in [0.15, 0.2) is 5.13 Å². The minimum atomic E-state index is -0.670. The summed E-state index contributed by atoms with van der Waals surface area (Å²) < 4.78 is 13.7. The third kappa shape index (κ3) is 2.98. The summed E-state index contributed by atoms with van der Waals surface area (Å²) >= 11 is 7.12. The lowest BCUT2D eigenvalue weighted by molar-refractivity contribution is 0.102. The van der Waals surface area contributed by atoms with E-state index in [4.69, 9.17) is 11.6 Å². The molecule has 0 radical (unpaired) electrons. The fraction of sp³-hybridized carbons (Fsp3) is 0. The van der Waals surface area contributed by atoms with E-state index in [-0.39, 0.29) is 10.6 Å². The SMILES string of the molecule is O=C(Nc1nc(-c2ccncc2)cs1)c1c(F)cccc1Cl. The Hall–Kier alpha value is -2.31. The fourth-order valence-electron chi connectivity index (χ4n) is 1.86. The number of hydrogen-bond donors (Lipinski definition) is 1. The second-order valence-corrected chi connectivity index (χ2v) is 5.59. The fourth-order valence-corrected chi connectivity index (χ4v) is 2.82. The van der Waals surface area contributed by atoms with Crippen molar-refractivity contribution in [2.45, 2.75) is 0 Å². The number of benzene rings is 1. The van der Waals surface area contributed by atoms with Gasteiger partial charge in [0, 0.05) is 23.3 Å². The number of rotatable bonds is 3. The van der Waals surface area contributed by atoms with E-state index in [1.165, 1.54) is 29.5 Å². The standard InChI is InChI=1S/C15H9ClFN3OS/c16-10-2-1-3-11(17)13(10)14(21)20-15-19-12(8-22-15)9-4-6-18-7-5-9/h1-8H,(H,19,20,21). The van der Waals surface area contributed by atoms with Gasteiger partial charge in [-0.2, -0.15) is 0 Å². The monoisotopic (exact) mass is 333 g/mol. The summed E-state index contributed by atoms with van der Waals surface area (Å²) in [5.74, 6) is -1.30. The number of aromatic nitrogens is 2. The van der Waals surface area contributed by atoms with Crippen LogP contribution in [0.3, 0.4) is 0 Å². The van der Waals surface area contributed by atoms with Crippen molar-refractivity contribution in [2.75, 3.05) is 5.32 Å². The van der Waals surface area contributed by atoms with Gasteiger partial charge in [-0.1, -0.05) is 17.7 Å². The summed E-state index contributed by atoms with van der Waals surface area (Å²) in [6.07, 6.45) is 3.32. The number of nitrogens with one attached hydrogen (secondary N) is 1. The second kappa shape index (κ2) is 6.21. The lowest BCUT2D eigenvalue weighted by Gasteiger charge is -2.05. The number of thiazole rings is 1. The maximum Gasteiger partial charge on any atom is 0.261 e. The quantitative estimate of drug-likeness (QED) is 0.779. The first-order valence-electron chi connectivity index (χ1n) is 6.26.